The number of carbonyl (C=O) groups excluding carboxylic acids is 4. The number of imide groups is 2. The van der Waals surface area contributed by atoms with Crippen molar-refractivity contribution < 1.29 is 19.2 Å². The van der Waals surface area contributed by atoms with Gasteiger partial charge in [-0.1, -0.05) is 13.3 Å². The highest BCUT2D eigenvalue weighted by molar-refractivity contribution is 6.15. The average molecular weight is 405 g/mol. The molecule has 2 fully saturated rings. The summed E-state index contributed by atoms with van der Waals surface area (Å²) in [7, 11) is 0. The highest BCUT2D eigenvalue weighted by Crippen LogP contribution is 2.18. The highest BCUT2D eigenvalue weighted by Gasteiger charge is 2.35. The third kappa shape index (κ3) is 5.30. The van der Waals surface area contributed by atoms with Crippen LogP contribution in [0, 0.1) is 5.92 Å². The smallest absolute Gasteiger partial charge is 0.256 e. The van der Waals surface area contributed by atoms with Crippen molar-refractivity contribution >= 4 is 23.6 Å². The fraction of sp³-hybridized carbons (Fsp3) is 0.714. The molecular weight excluding hydrogens is 372 g/mol. The van der Waals surface area contributed by atoms with Crippen molar-refractivity contribution in [3.8, 4) is 0 Å². The molecule has 160 valence electrons. The van der Waals surface area contributed by atoms with E-state index in [1.807, 2.05) is 6.92 Å². The van der Waals surface area contributed by atoms with Gasteiger partial charge in [-0.25, -0.2) is 0 Å². The molecule has 3 rings (SSSR count). The lowest BCUT2D eigenvalue weighted by molar-refractivity contribution is -0.140. The molecule has 1 atom stereocenters. The lowest BCUT2D eigenvalue weighted by atomic mass is 10.1. The van der Waals surface area contributed by atoms with Crippen molar-refractivity contribution in [1.29, 1.82) is 0 Å². The number of unbranched alkanes of at least 4 members (excludes halogenated alkanes) is 2. The van der Waals surface area contributed by atoms with Gasteiger partial charge in [0.05, 0.1) is 0 Å². The number of rotatable bonds is 9. The van der Waals surface area contributed by atoms with Gasteiger partial charge in [-0.15, -0.1) is 0 Å². The van der Waals surface area contributed by atoms with Crippen LogP contribution in [0.4, 0.5) is 0 Å². The van der Waals surface area contributed by atoms with Crippen molar-refractivity contribution in [3.63, 3.8) is 0 Å². The minimum absolute atomic E-state index is 0.0306. The molecule has 8 heteroatoms. The summed E-state index contributed by atoms with van der Waals surface area (Å²) in [6.45, 7) is 10.2. The van der Waals surface area contributed by atoms with Crippen LogP contribution in [0.2, 0.25) is 0 Å². The second-order valence-electron chi connectivity index (χ2n) is 8.36. The first-order chi connectivity index (χ1) is 13.9. The molecule has 0 aromatic carbocycles. The largest absolute Gasteiger partial charge is 0.301 e. The van der Waals surface area contributed by atoms with E-state index < -0.39 is 0 Å². The molecule has 0 bridgehead atoms. The molecule has 29 heavy (non-hydrogen) atoms. The van der Waals surface area contributed by atoms with Gasteiger partial charge in [-0.05, 0) is 26.3 Å². The SMILES string of the molecule is CC1=CC(=O)N(CCCCCN2CCN(CCN3C(=O)CC(C)C3=O)CC2)C1=O. The van der Waals surface area contributed by atoms with Gasteiger partial charge in [0.15, 0.2) is 0 Å². The molecule has 0 aromatic rings. The number of amides is 4. The first-order valence-electron chi connectivity index (χ1n) is 10.7. The third-order valence-electron chi connectivity index (χ3n) is 6.12. The van der Waals surface area contributed by atoms with E-state index in [-0.39, 0.29) is 29.5 Å². The molecule has 0 aliphatic carbocycles. The summed E-state index contributed by atoms with van der Waals surface area (Å²) in [6.07, 6.45) is 4.65. The Morgan fingerprint density at radius 1 is 0.828 bits per heavy atom. The van der Waals surface area contributed by atoms with Gasteiger partial charge in [0.25, 0.3) is 11.8 Å². The first kappa shape index (κ1) is 21.6. The van der Waals surface area contributed by atoms with Crippen LogP contribution in [-0.2, 0) is 19.2 Å². The lowest BCUT2D eigenvalue weighted by Crippen LogP contribution is -2.49. The second kappa shape index (κ2) is 9.63. The van der Waals surface area contributed by atoms with Crippen molar-refractivity contribution in [2.24, 2.45) is 5.92 Å². The predicted octanol–water partition coefficient (Wildman–Crippen LogP) is 0.484. The van der Waals surface area contributed by atoms with Gasteiger partial charge < -0.3 is 4.90 Å². The number of hydrogen-bond donors (Lipinski definition) is 0. The molecule has 0 N–H and O–H groups in total. The lowest BCUT2D eigenvalue weighted by Gasteiger charge is -2.35. The third-order valence-corrected chi connectivity index (χ3v) is 6.12. The molecule has 0 radical (unpaired) electrons. The van der Waals surface area contributed by atoms with Crippen LogP contribution in [0.5, 0.6) is 0 Å². The van der Waals surface area contributed by atoms with E-state index >= 15 is 0 Å². The summed E-state index contributed by atoms with van der Waals surface area (Å²) in [4.78, 5) is 54.9. The monoisotopic (exact) mass is 404 g/mol. The molecule has 3 aliphatic heterocycles. The summed E-state index contributed by atoms with van der Waals surface area (Å²) in [5, 5.41) is 0. The zero-order valence-corrected chi connectivity index (χ0v) is 17.6. The van der Waals surface area contributed by atoms with Crippen LogP contribution < -0.4 is 0 Å². The maximum atomic E-state index is 12.0. The molecule has 8 nitrogen and oxygen atoms in total. The van der Waals surface area contributed by atoms with E-state index in [0.717, 1.165) is 58.5 Å². The summed E-state index contributed by atoms with van der Waals surface area (Å²) >= 11 is 0. The summed E-state index contributed by atoms with van der Waals surface area (Å²) in [5.41, 5.74) is 0.529. The number of hydrogen-bond acceptors (Lipinski definition) is 6. The topological polar surface area (TPSA) is 81.2 Å². The van der Waals surface area contributed by atoms with E-state index in [1.165, 1.54) is 15.9 Å². The maximum absolute atomic E-state index is 12.0. The second-order valence-corrected chi connectivity index (χ2v) is 8.36. The quantitative estimate of drug-likeness (QED) is 0.411. The number of carbonyl (C=O) groups is 4. The van der Waals surface area contributed by atoms with Crippen molar-refractivity contribution in [3.05, 3.63) is 11.6 Å². The molecule has 4 amide bonds. The van der Waals surface area contributed by atoms with Gasteiger partial charge in [0.1, 0.15) is 0 Å². The van der Waals surface area contributed by atoms with Gasteiger partial charge in [0.2, 0.25) is 11.8 Å². The molecule has 0 saturated carbocycles. The maximum Gasteiger partial charge on any atom is 0.256 e. The predicted molar refractivity (Wildman–Crippen MR) is 108 cm³/mol. The van der Waals surface area contributed by atoms with Crippen molar-refractivity contribution in [1.82, 2.24) is 19.6 Å². The van der Waals surface area contributed by atoms with E-state index in [2.05, 4.69) is 9.80 Å². The molecule has 3 aliphatic rings. The van der Waals surface area contributed by atoms with Crippen LogP contribution in [0.25, 0.3) is 0 Å². The Bertz CT molecular complexity index is 694. The van der Waals surface area contributed by atoms with E-state index in [0.29, 0.717) is 25.1 Å². The Balaban J connectivity index is 1.25. The minimum atomic E-state index is -0.185. The van der Waals surface area contributed by atoms with Gasteiger partial charge in [0, 0.05) is 69.8 Å². The summed E-state index contributed by atoms with van der Waals surface area (Å²) < 4.78 is 0. The van der Waals surface area contributed by atoms with Crippen LogP contribution in [0.1, 0.15) is 39.5 Å². The van der Waals surface area contributed by atoms with Crippen molar-refractivity contribution in [2.75, 3.05) is 52.4 Å². The zero-order chi connectivity index (χ0) is 21.0. The Hall–Kier alpha value is -2.06. The van der Waals surface area contributed by atoms with Crippen LogP contribution in [0.15, 0.2) is 11.6 Å². The highest BCUT2D eigenvalue weighted by atomic mass is 16.2. The minimum Gasteiger partial charge on any atom is -0.301 e. The van der Waals surface area contributed by atoms with Crippen LogP contribution >= 0.6 is 0 Å². The Kier molecular flexibility index (Phi) is 7.18. The van der Waals surface area contributed by atoms with E-state index in [1.54, 1.807) is 6.92 Å². The number of piperazine rings is 1. The van der Waals surface area contributed by atoms with Crippen molar-refractivity contribution in [2.45, 2.75) is 39.5 Å². The Morgan fingerprint density at radius 2 is 1.45 bits per heavy atom. The normalized spacial score (nSPS) is 24.2. The number of nitrogens with zero attached hydrogens (tertiary/aromatic N) is 4. The number of likely N-dealkylation sites (tertiary alicyclic amines) is 1. The molecular formula is C21H32N4O4. The average Bonchev–Trinajstić information content (AvgIpc) is 3.08. The Morgan fingerprint density at radius 3 is 2.00 bits per heavy atom. The van der Waals surface area contributed by atoms with Crippen LogP contribution in [-0.4, -0.2) is 95.6 Å². The Labute approximate surface area is 172 Å². The molecule has 0 aromatic heterocycles. The summed E-state index contributed by atoms with van der Waals surface area (Å²) in [6, 6.07) is 0. The summed E-state index contributed by atoms with van der Waals surface area (Å²) in [5.74, 6) is -0.573. The molecule has 1 unspecified atom stereocenters. The molecule has 3 heterocycles. The van der Waals surface area contributed by atoms with E-state index in [4.69, 9.17) is 0 Å². The van der Waals surface area contributed by atoms with E-state index in [9.17, 15) is 19.2 Å². The fourth-order valence-electron chi connectivity index (χ4n) is 4.19. The fourth-order valence-corrected chi connectivity index (χ4v) is 4.19. The molecule has 2 saturated heterocycles. The van der Waals surface area contributed by atoms with Crippen LogP contribution in [0.3, 0.4) is 0 Å². The molecule has 0 spiro atoms. The zero-order valence-electron chi connectivity index (χ0n) is 17.6. The van der Waals surface area contributed by atoms with Gasteiger partial charge in [-0.2, -0.15) is 0 Å². The van der Waals surface area contributed by atoms with Gasteiger partial charge in [-0.3, -0.25) is 33.9 Å². The van der Waals surface area contributed by atoms with Gasteiger partial charge >= 0.3 is 0 Å². The first-order valence-corrected chi connectivity index (χ1v) is 10.7. The standard InChI is InChI=1S/C21H32N4O4/c1-16-14-18(26)24(20(16)28)7-5-3-4-6-22-8-10-23(11-9-22)12-13-25-19(27)15-17(2)21(25)29/h14,17H,3-13,15H2,1-2H3.